The van der Waals surface area contributed by atoms with Gasteiger partial charge in [0.05, 0.1) is 0 Å². The molecule has 0 saturated heterocycles. The molecule has 0 spiro atoms. The van der Waals surface area contributed by atoms with E-state index in [1.807, 2.05) is 0 Å². The Labute approximate surface area is 109 Å². The van der Waals surface area contributed by atoms with E-state index < -0.39 is 0 Å². The highest BCUT2D eigenvalue weighted by Crippen LogP contribution is 2.34. The Morgan fingerprint density at radius 1 is 1.12 bits per heavy atom. The van der Waals surface area contributed by atoms with Gasteiger partial charge in [-0.1, -0.05) is 48.0 Å². The average Bonchev–Trinajstić information content (AvgIpc) is 2.25. The Morgan fingerprint density at radius 2 is 1.76 bits per heavy atom. The monoisotopic (exact) mass is 239 g/mol. The molecule has 0 aliphatic heterocycles. The quantitative estimate of drug-likeness (QED) is 0.746. The highest BCUT2D eigenvalue weighted by molar-refractivity contribution is 4.88. The van der Waals surface area contributed by atoms with Crippen LogP contribution >= 0.6 is 0 Å². The third kappa shape index (κ3) is 4.28. The van der Waals surface area contributed by atoms with Crippen molar-refractivity contribution in [2.75, 3.05) is 0 Å². The highest BCUT2D eigenvalue weighted by Gasteiger charge is 2.31. The third-order valence-electron chi connectivity index (χ3n) is 4.69. The molecule has 17 heavy (non-hydrogen) atoms. The highest BCUT2D eigenvalue weighted by atomic mass is 15.0. The molecule has 4 unspecified atom stereocenters. The van der Waals surface area contributed by atoms with Crippen molar-refractivity contribution in [3.8, 4) is 0 Å². The standard InChI is InChI=1S/C16H33N/c1-7-15(12(4)5)17-16-10-13(6)8-9-14(16)11(2)3/h11-17H,7-10H2,1-6H3. The Bertz CT molecular complexity index is 210. The smallest absolute Gasteiger partial charge is 0.0103 e. The maximum atomic E-state index is 3.97. The van der Waals surface area contributed by atoms with Crippen LogP contribution in [-0.2, 0) is 0 Å². The molecule has 1 aliphatic carbocycles. The van der Waals surface area contributed by atoms with E-state index >= 15 is 0 Å². The summed E-state index contributed by atoms with van der Waals surface area (Å²) < 4.78 is 0. The van der Waals surface area contributed by atoms with Gasteiger partial charge in [0.15, 0.2) is 0 Å². The van der Waals surface area contributed by atoms with Gasteiger partial charge in [-0.2, -0.15) is 0 Å². The first-order chi connectivity index (χ1) is 7.95. The maximum Gasteiger partial charge on any atom is 0.0103 e. The summed E-state index contributed by atoms with van der Waals surface area (Å²) in [4.78, 5) is 0. The van der Waals surface area contributed by atoms with Crippen molar-refractivity contribution in [2.24, 2.45) is 23.7 Å². The van der Waals surface area contributed by atoms with E-state index in [1.54, 1.807) is 0 Å². The summed E-state index contributed by atoms with van der Waals surface area (Å²) in [6, 6.07) is 1.46. The van der Waals surface area contributed by atoms with Gasteiger partial charge < -0.3 is 5.32 Å². The summed E-state index contributed by atoms with van der Waals surface area (Å²) >= 11 is 0. The van der Waals surface area contributed by atoms with Crippen molar-refractivity contribution in [1.29, 1.82) is 0 Å². The molecule has 0 heterocycles. The first kappa shape index (κ1) is 15.0. The van der Waals surface area contributed by atoms with Crippen LogP contribution in [-0.4, -0.2) is 12.1 Å². The van der Waals surface area contributed by atoms with E-state index in [4.69, 9.17) is 0 Å². The van der Waals surface area contributed by atoms with Crippen LogP contribution in [0.2, 0.25) is 0 Å². The number of rotatable bonds is 5. The summed E-state index contributed by atoms with van der Waals surface area (Å²) in [6.07, 6.45) is 5.49. The minimum atomic E-state index is 0.701. The van der Waals surface area contributed by atoms with Crippen LogP contribution in [0.4, 0.5) is 0 Å². The first-order valence-corrected chi connectivity index (χ1v) is 7.71. The van der Waals surface area contributed by atoms with E-state index in [0.29, 0.717) is 6.04 Å². The largest absolute Gasteiger partial charge is 0.311 e. The molecule has 1 N–H and O–H groups in total. The second kappa shape index (κ2) is 6.78. The fraction of sp³-hybridized carbons (Fsp3) is 1.00. The van der Waals surface area contributed by atoms with E-state index in [-0.39, 0.29) is 0 Å². The average molecular weight is 239 g/mol. The molecule has 0 aromatic heterocycles. The molecule has 1 fully saturated rings. The molecule has 0 radical (unpaired) electrons. The van der Waals surface area contributed by atoms with Gasteiger partial charge in [0, 0.05) is 12.1 Å². The van der Waals surface area contributed by atoms with Gasteiger partial charge in [-0.3, -0.25) is 0 Å². The fourth-order valence-electron chi connectivity index (χ4n) is 3.45. The molecule has 102 valence electrons. The Morgan fingerprint density at radius 3 is 2.24 bits per heavy atom. The van der Waals surface area contributed by atoms with Crippen molar-refractivity contribution in [3.63, 3.8) is 0 Å². The van der Waals surface area contributed by atoms with Crippen LogP contribution in [0.3, 0.4) is 0 Å². The van der Waals surface area contributed by atoms with Crippen LogP contribution in [0.25, 0.3) is 0 Å². The molecular weight excluding hydrogens is 206 g/mol. The molecule has 1 rings (SSSR count). The van der Waals surface area contributed by atoms with Crippen molar-refractivity contribution in [2.45, 2.75) is 79.3 Å². The predicted octanol–water partition coefficient (Wildman–Crippen LogP) is 4.47. The zero-order chi connectivity index (χ0) is 13.0. The van der Waals surface area contributed by atoms with Gasteiger partial charge in [-0.15, -0.1) is 0 Å². The minimum Gasteiger partial charge on any atom is -0.311 e. The summed E-state index contributed by atoms with van der Waals surface area (Å²) in [5.41, 5.74) is 0. The molecule has 1 heteroatoms. The zero-order valence-electron chi connectivity index (χ0n) is 12.8. The van der Waals surface area contributed by atoms with E-state index in [2.05, 4.69) is 46.9 Å². The Hall–Kier alpha value is -0.0400. The topological polar surface area (TPSA) is 12.0 Å². The lowest BCUT2D eigenvalue weighted by Gasteiger charge is -2.40. The van der Waals surface area contributed by atoms with Crippen LogP contribution in [0.15, 0.2) is 0 Å². The van der Waals surface area contributed by atoms with Gasteiger partial charge >= 0.3 is 0 Å². The fourth-order valence-corrected chi connectivity index (χ4v) is 3.45. The Balaban J connectivity index is 2.62. The van der Waals surface area contributed by atoms with Gasteiger partial charge in [0.2, 0.25) is 0 Å². The minimum absolute atomic E-state index is 0.701. The second-order valence-corrected chi connectivity index (χ2v) is 6.86. The van der Waals surface area contributed by atoms with Crippen LogP contribution < -0.4 is 5.32 Å². The molecule has 0 amide bonds. The predicted molar refractivity (Wildman–Crippen MR) is 77.2 cm³/mol. The Kier molecular flexibility index (Phi) is 5.99. The SMILES string of the molecule is CCC(NC1CC(C)CCC1C(C)C)C(C)C. The summed E-state index contributed by atoms with van der Waals surface area (Å²) in [7, 11) is 0. The lowest BCUT2D eigenvalue weighted by molar-refractivity contribution is 0.149. The van der Waals surface area contributed by atoms with Gasteiger partial charge in [0.25, 0.3) is 0 Å². The third-order valence-corrected chi connectivity index (χ3v) is 4.69. The van der Waals surface area contributed by atoms with Crippen molar-refractivity contribution >= 4 is 0 Å². The van der Waals surface area contributed by atoms with Crippen molar-refractivity contribution in [3.05, 3.63) is 0 Å². The molecule has 4 atom stereocenters. The van der Waals surface area contributed by atoms with Crippen LogP contribution in [0.5, 0.6) is 0 Å². The molecule has 0 bridgehead atoms. The molecule has 1 aliphatic rings. The molecule has 0 aromatic carbocycles. The van der Waals surface area contributed by atoms with Gasteiger partial charge in [-0.05, 0) is 42.9 Å². The number of nitrogens with one attached hydrogen (secondary N) is 1. The second-order valence-electron chi connectivity index (χ2n) is 6.86. The first-order valence-electron chi connectivity index (χ1n) is 7.71. The van der Waals surface area contributed by atoms with Crippen LogP contribution in [0, 0.1) is 23.7 Å². The van der Waals surface area contributed by atoms with E-state index in [0.717, 1.165) is 29.7 Å². The van der Waals surface area contributed by atoms with E-state index in [1.165, 1.54) is 25.7 Å². The van der Waals surface area contributed by atoms with Gasteiger partial charge in [0.1, 0.15) is 0 Å². The molecule has 1 saturated carbocycles. The lowest BCUT2D eigenvalue weighted by Crippen LogP contribution is -2.48. The summed E-state index contributed by atoms with van der Waals surface area (Å²) in [5.74, 6) is 3.38. The number of hydrogen-bond donors (Lipinski definition) is 1. The van der Waals surface area contributed by atoms with Crippen molar-refractivity contribution < 1.29 is 0 Å². The van der Waals surface area contributed by atoms with Crippen molar-refractivity contribution in [1.82, 2.24) is 5.32 Å². The summed E-state index contributed by atoms with van der Waals surface area (Å²) in [5, 5.41) is 3.97. The van der Waals surface area contributed by atoms with Crippen LogP contribution in [0.1, 0.15) is 67.2 Å². The lowest BCUT2D eigenvalue weighted by atomic mass is 9.73. The zero-order valence-corrected chi connectivity index (χ0v) is 12.8. The maximum absolute atomic E-state index is 3.97. The van der Waals surface area contributed by atoms with Gasteiger partial charge in [-0.25, -0.2) is 0 Å². The number of hydrogen-bond acceptors (Lipinski definition) is 1. The summed E-state index contributed by atoms with van der Waals surface area (Å²) in [6.45, 7) is 14.2. The van der Waals surface area contributed by atoms with E-state index in [9.17, 15) is 0 Å². The molecule has 1 nitrogen and oxygen atoms in total. The molecule has 0 aromatic rings. The normalized spacial score (nSPS) is 32.1. The molecular formula is C16H33N.